The summed E-state index contributed by atoms with van der Waals surface area (Å²) in [5, 5.41) is 10.5. The van der Waals surface area contributed by atoms with E-state index in [1.54, 1.807) is 0 Å². The summed E-state index contributed by atoms with van der Waals surface area (Å²) < 4.78 is 1.93. The van der Waals surface area contributed by atoms with Crippen molar-refractivity contribution in [3.63, 3.8) is 0 Å². The number of carbonyl (C=O) groups is 1. The average molecular weight is 254 g/mol. The first kappa shape index (κ1) is 12.4. The van der Waals surface area contributed by atoms with Crippen molar-refractivity contribution >= 4 is 23.5 Å². The lowest BCUT2D eigenvalue weighted by molar-refractivity contribution is -0.115. The van der Waals surface area contributed by atoms with Gasteiger partial charge in [-0.3, -0.25) is 9.48 Å². The molecule has 0 unspecified atom stereocenters. The summed E-state index contributed by atoms with van der Waals surface area (Å²) in [4.78, 5) is 11.7. The first-order valence-corrected chi connectivity index (χ1v) is 7.09. The molecule has 2 rings (SSSR count). The molecular formula is C11H18N4OS. The number of amides is 1. The standard InChI is InChI=1S/C11H18N4OS/c1-8(17-2)11(16)13-10-4-6-15(14-10)9-3-5-12-7-9/h4,6,8-9,12H,3,5,7H2,1-2H3,(H,13,14,16)/t8-,9+/m1/s1. The Labute approximate surface area is 105 Å². The van der Waals surface area contributed by atoms with E-state index < -0.39 is 0 Å². The second-order valence-corrected chi connectivity index (χ2v) is 5.37. The van der Waals surface area contributed by atoms with Crippen LogP contribution in [0.1, 0.15) is 19.4 Å². The van der Waals surface area contributed by atoms with Crippen LogP contribution < -0.4 is 10.6 Å². The first-order valence-electron chi connectivity index (χ1n) is 5.80. The highest BCUT2D eigenvalue weighted by Gasteiger charge is 2.18. The molecule has 0 aromatic carbocycles. The Morgan fingerprint density at radius 1 is 1.76 bits per heavy atom. The molecular weight excluding hydrogens is 236 g/mol. The number of hydrogen-bond acceptors (Lipinski definition) is 4. The third-order valence-corrected chi connectivity index (χ3v) is 3.91. The Morgan fingerprint density at radius 2 is 2.59 bits per heavy atom. The van der Waals surface area contributed by atoms with Crippen molar-refractivity contribution in [2.75, 3.05) is 24.7 Å². The molecule has 0 saturated carbocycles. The minimum atomic E-state index is -0.0479. The van der Waals surface area contributed by atoms with E-state index in [1.807, 2.05) is 30.1 Å². The molecule has 1 saturated heterocycles. The molecule has 1 aromatic heterocycles. The normalized spacial score (nSPS) is 21.4. The van der Waals surface area contributed by atoms with Crippen LogP contribution in [0.3, 0.4) is 0 Å². The fourth-order valence-corrected chi connectivity index (χ4v) is 2.08. The minimum Gasteiger partial charge on any atom is -0.315 e. The van der Waals surface area contributed by atoms with Crippen molar-refractivity contribution in [1.29, 1.82) is 0 Å². The minimum absolute atomic E-state index is 0.00676. The monoisotopic (exact) mass is 254 g/mol. The molecule has 0 radical (unpaired) electrons. The Morgan fingerprint density at radius 3 is 3.24 bits per heavy atom. The SMILES string of the molecule is CS[C@H](C)C(=O)Nc1ccn([C@H]2CCNC2)n1. The first-order chi connectivity index (χ1) is 8.20. The zero-order chi connectivity index (χ0) is 12.3. The number of anilines is 1. The van der Waals surface area contributed by atoms with Crippen molar-refractivity contribution in [1.82, 2.24) is 15.1 Å². The third-order valence-electron chi connectivity index (χ3n) is 2.99. The van der Waals surface area contributed by atoms with Gasteiger partial charge in [0.1, 0.15) is 0 Å². The summed E-state index contributed by atoms with van der Waals surface area (Å²) in [5.74, 6) is 0.648. The predicted octanol–water partition coefficient (Wildman–Crippen LogP) is 1.11. The lowest BCUT2D eigenvalue weighted by atomic mass is 10.3. The molecule has 2 heterocycles. The molecule has 17 heavy (non-hydrogen) atoms. The molecule has 0 spiro atoms. The topological polar surface area (TPSA) is 59.0 Å². The van der Waals surface area contributed by atoms with Gasteiger partial charge in [-0.2, -0.15) is 16.9 Å². The molecule has 1 fully saturated rings. The second kappa shape index (κ2) is 5.55. The molecule has 1 aromatic rings. The highest BCUT2D eigenvalue weighted by molar-refractivity contribution is 7.99. The number of thioether (sulfide) groups is 1. The van der Waals surface area contributed by atoms with E-state index in [-0.39, 0.29) is 11.2 Å². The molecule has 1 aliphatic rings. The van der Waals surface area contributed by atoms with E-state index in [0.717, 1.165) is 19.5 Å². The van der Waals surface area contributed by atoms with Gasteiger partial charge in [0.2, 0.25) is 5.91 Å². The molecule has 2 atom stereocenters. The van der Waals surface area contributed by atoms with Gasteiger partial charge in [0.05, 0.1) is 11.3 Å². The summed E-state index contributed by atoms with van der Waals surface area (Å²) in [7, 11) is 0. The Kier molecular flexibility index (Phi) is 4.06. The average Bonchev–Trinajstić information content (AvgIpc) is 2.97. The molecule has 2 N–H and O–H groups in total. The number of aromatic nitrogens is 2. The number of carbonyl (C=O) groups excluding carboxylic acids is 1. The van der Waals surface area contributed by atoms with Gasteiger partial charge in [-0.05, 0) is 26.1 Å². The van der Waals surface area contributed by atoms with Gasteiger partial charge < -0.3 is 10.6 Å². The van der Waals surface area contributed by atoms with Gasteiger partial charge in [0, 0.05) is 18.8 Å². The van der Waals surface area contributed by atoms with E-state index in [0.29, 0.717) is 11.9 Å². The largest absolute Gasteiger partial charge is 0.315 e. The quantitative estimate of drug-likeness (QED) is 0.845. The molecule has 0 bridgehead atoms. The Balaban J connectivity index is 1.96. The smallest absolute Gasteiger partial charge is 0.238 e. The van der Waals surface area contributed by atoms with Gasteiger partial charge in [0.15, 0.2) is 5.82 Å². The van der Waals surface area contributed by atoms with Gasteiger partial charge in [-0.1, -0.05) is 0 Å². The van der Waals surface area contributed by atoms with Crippen LogP contribution in [-0.4, -0.2) is 40.3 Å². The van der Waals surface area contributed by atoms with Crippen LogP contribution >= 0.6 is 11.8 Å². The second-order valence-electron chi connectivity index (χ2n) is 4.19. The van der Waals surface area contributed by atoms with Crippen molar-refractivity contribution in [3.05, 3.63) is 12.3 Å². The van der Waals surface area contributed by atoms with E-state index in [2.05, 4.69) is 15.7 Å². The van der Waals surface area contributed by atoms with Crippen LogP contribution in [0.15, 0.2) is 12.3 Å². The molecule has 1 amide bonds. The fourth-order valence-electron chi connectivity index (χ4n) is 1.81. The Hall–Kier alpha value is -1.01. The fraction of sp³-hybridized carbons (Fsp3) is 0.636. The molecule has 6 heteroatoms. The highest BCUT2D eigenvalue weighted by Crippen LogP contribution is 2.16. The maximum Gasteiger partial charge on any atom is 0.238 e. The molecule has 5 nitrogen and oxygen atoms in total. The number of nitrogens with one attached hydrogen (secondary N) is 2. The number of hydrogen-bond donors (Lipinski definition) is 2. The van der Waals surface area contributed by atoms with Crippen LogP contribution in [0, 0.1) is 0 Å². The summed E-state index contributed by atoms with van der Waals surface area (Å²) in [6.07, 6.45) is 4.94. The van der Waals surface area contributed by atoms with Crippen LogP contribution in [0.2, 0.25) is 0 Å². The summed E-state index contributed by atoms with van der Waals surface area (Å²) in [5.41, 5.74) is 0. The van der Waals surface area contributed by atoms with Gasteiger partial charge in [0.25, 0.3) is 0 Å². The van der Waals surface area contributed by atoms with Crippen molar-refractivity contribution in [2.45, 2.75) is 24.6 Å². The van der Waals surface area contributed by atoms with Crippen LogP contribution in [0.25, 0.3) is 0 Å². The maximum atomic E-state index is 11.7. The third kappa shape index (κ3) is 3.01. The van der Waals surface area contributed by atoms with Crippen LogP contribution in [-0.2, 0) is 4.79 Å². The number of nitrogens with zero attached hydrogens (tertiary/aromatic N) is 2. The van der Waals surface area contributed by atoms with Crippen LogP contribution in [0.4, 0.5) is 5.82 Å². The predicted molar refractivity (Wildman–Crippen MR) is 70.4 cm³/mol. The van der Waals surface area contributed by atoms with E-state index >= 15 is 0 Å². The number of rotatable bonds is 4. The maximum absolute atomic E-state index is 11.7. The zero-order valence-corrected chi connectivity index (χ0v) is 11.0. The molecule has 0 aliphatic carbocycles. The summed E-state index contributed by atoms with van der Waals surface area (Å²) >= 11 is 1.53. The highest BCUT2D eigenvalue weighted by atomic mass is 32.2. The molecule has 94 valence electrons. The molecule has 1 aliphatic heterocycles. The van der Waals surface area contributed by atoms with Gasteiger partial charge in [-0.15, -0.1) is 0 Å². The zero-order valence-electron chi connectivity index (χ0n) is 10.1. The Bertz CT molecular complexity index is 387. The van der Waals surface area contributed by atoms with E-state index in [1.165, 1.54) is 11.8 Å². The van der Waals surface area contributed by atoms with Crippen molar-refractivity contribution in [3.8, 4) is 0 Å². The van der Waals surface area contributed by atoms with Crippen molar-refractivity contribution in [2.24, 2.45) is 0 Å². The van der Waals surface area contributed by atoms with Crippen molar-refractivity contribution < 1.29 is 4.79 Å². The van der Waals surface area contributed by atoms with Crippen LogP contribution in [0.5, 0.6) is 0 Å². The van der Waals surface area contributed by atoms with E-state index in [4.69, 9.17) is 0 Å². The summed E-state index contributed by atoms with van der Waals surface area (Å²) in [6, 6.07) is 2.27. The van der Waals surface area contributed by atoms with Gasteiger partial charge in [-0.25, -0.2) is 0 Å². The van der Waals surface area contributed by atoms with E-state index in [9.17, 15) is 4.79 Å². The lowest BCUT2D eigenvalue weighted by Crippen LogP contribution is -2.22. The summed E-state index contributed by atoms with van der Waals surface area (Å²) in [6.45, 7) is 3.88. The van der Waals surface area contributed by atoms with Gasteiger partial charge >= 0.3 is 0 Å². The lowest BCUT2D eigenvalue weighted by Gasteiger charge is -2.09.